The molecule has 0 aliphatic carbocycles. The topological polar surface area (TPSA) is 103 Å². The molecule has 0 aliphatic heterocycles. The fourth-order valence-corrected chi connectivity index (χ4v) is 1.28. The number of pyridine rings is 1. The van der Waals surface area contributed by atoms with Gasteiger partial charge in [-0.05, 0) is 19.1 Å². The summed E-state index contributed by atoms with van der Waals surface area (Å²) >= 11 is 0. The van der Waals surface area contributed by atoms with E-state index in [4.69, 9.17) is 11.5 Å². The number of nitrogens with two attached hydrogens (primary N) is 2. The predicted octanol–water partition coefficient (Wildman–Crippen LogP) is 0.957. The minimum absolute atomic E-state index is 0.324. The van der Waals surface area contributed by atoms with Gasteiger partial charge < -0.3 is 16.8 Å². The van der Waals surface area contributed by atoms with Crippen LogP contribution in [0.1, 0.15) is 11.4 Å². The molecular weight excluding hydrogens is 216 g/mol. The van der Waals surface area contributed by atoms with E-state index in [-0.39, 0.29) is 0 Å². The van der Waals surface area contributed by atoms with E-state index in [1.807, 2.05) is 6.92 Å². The lowest BCUT2D eigenvalue weighted by atomic mass is 10.3. The van der Waals surface area contributed by atoms with Crippen molar-refractivity contribution in [1.29, 1.82) is 0 Å². The summed E-state index contributed by atoms with van der Waals surface area (Å²) in [6.07, 6.45) is 3.45. The monoisotopic (exact) mass is 230 g/mol. The van der Waals surface area contributed by atoms with Crippen molar-refractivity contribution in [3.05, 3.63) is 35.9 Å². The molecule has 2 aromatic heterocycles. The number of anilines is 3. The average Bonchev–Trinajstić information content (AvgIpc) is 2.33. The molecule has 0 fully saturated rings. The van der Waals surface area contributed by atoms with Crippen LogP contribution in [0, 0.1) is 6.92 Å². The van der Waals surface area contributed by atoms with Gasteiger partial charge in [-0.2, -0.15) is 0 Å². The average molecular weight is 230 g/mol. The van der Waals surface area contributed by atoms with Gasteiger partial charge in [0.15, 0.2) is 0 Å². The number of nitrogen functional groups attached to an aromatic ring is 2. The molecule has 0 aromatic carbocycles. The molecule has 0 aliphatic rings. The van der Waals surface area contributed by atoms with E-state index in [1.54, 1.807) is 24.5 Å². The summed E-state index contributed by atoms with van der Waals surface area (Å²) < 4.78 is 0. The summed E-state index contributed by atoms with van der Waals surface area (Å²) in [5.41, 5.74) is 13.4. The molecule has 2 aromatic rings. The Hall–Kier alpha value is -2.37. The molecule has 88 valence electrons. The van der Waals surface area contributed by atoms with Crippen molar-refractivity contribution in [2.24, 2.45) is 0 Å². The van der Waals surface area contributed by atoms with Gasteiger partial charge >= 0.3 is 0 Å². The van der Waals surface area contributed by atoms with E-state index in [1.165, 1.54) is 0 Å². The Morgan fingerprint density at radius 3 is 2.65 bits per heavy atom. The predicted molar refractivity (Wildman–Crippen MR) is 67.2 cm³/mol. The highest BCUT2D eigenvalue weighted by atomic mass is 15.0. The van der Waals surface area contributed by atoms with Crippen LogP contribution in [0.4, 0.5) is 17.3 Å². The van der Waals surface area contributed by atoms with Crippen molar-refractivity contribution in [1.82, 2.24) is 15.0 Å². The van der Waals surface area contributed by atoms with Crippen LogP contribution in [0.3, 0.4) is 0 Å². The maximum atomic E-state index is 5.61. The Morgan fingerprint density at radius 1 is 1.18 bits per heavy atom. The molecular formula is C11H14N6. The van der Waals surface area contributed by atoms with Gasteiger partial charge in [0.05, 0.1) is 29.8 Å². The molecule has 5 N–H and O–H groups in total. The van der Waals surface area contributed by atoms with Gasteiger partial charge in [-0.25, -0.2) is 4.98 Å². The number of nitrogens with zero attached hydrogens (tertiary/aromatic N) is 3. The molecule has 2 rings (SSSR count). The Morgan fingerprint density at radius 2 is 2.00 bits per heavy atom. The zero-order chi connectivity index (χ0) is 12.3. The molecule has 6 nitrogen and oxygen atoms in total. The highest BCUT2D eigenvalue weighted by Gasteiger charge is 2.00. The normalized spacial score (nSPS) is 10.2. The standard InChI is InChI=1S/C11H14N6/c1-7-4-15-8(5-14-7)6-16-10-3-2-9(12)11(13)17-10/h2-5H,6,12H2,1H3,(H3,13,16,17). The second-order valence-corrected chi connectivity index (χ2v) is 3.67. The summed E-state index contributed by atoms with van der Waals surface area (Å²) in [5.74, 6) is 0.990. The van der Waals surface area contributed by atoms with E-state index in [0.29, 0.717) is 23.9 Å². The number of aromatic nitrogens is 3. The number of rotatable bonds is 3. The first-order valence-electron chi connectivity index (χ1n) is 5.18. The third-order valence-corrected chi connectivity index (χ3v) is 2.24. The van der Waals surface area contributed by atoms with Crippen molar-refractivity contribution >= 4 is 17.3 Å². The lowest BCUT2D eigenvalue weighted by Crippen LogP contribution is -2.06. The van der Waals surface area contributed by atoms with Crippen LogP contribution >= 0.6 is 0 Å². The second kappa shape index (κ2) is 4.65. The first kappa shape index (κ1) is 11.1. The minimum atomic E-state index is 0.324. The fraction of sp³-hybridized carbons (Fsp3) is 0.182. The molecule has 17 heavy (non-hydrogen) atoms. The van der Waals surface area contributed by atoms with Gasteiger partial charge in [-0.3, -0.25) is 9.97 Å². The van der Waals surface area contributed by atoms with Crippen LogP contribution in [-0.4, -0.2) is 15.0 Å². The van der Waals surface area contributed by atoms with Crippen molar-refractivity contribution in [2.75, 3.05) is 16.8 Å². The molecule has 0 radical (unpaired) electrons. The van der Waals surface area contributed by atoms with E-state index >= 15 is 0 Å². The molecule has 0 amide bonds. The van der Waals surface area contributed by atoms with Gasteiger partial charge in [0, 0.05) is 6.20 Å². The van der Waals surface area contributed by atoms with Gasteiger partial charge in [-0.15, -0.1) is 0 Å². The van der Waals surface area contributed by atoms with Crippen LogP contribution in [0.15, 0.2) is 24.5 Å². The number of aryl methyl sites for hydroxylation is 1. The SMILES string of the molecule is Cc1cnc(CNc2ccc(N)c(N)n2)cn1. The van der Waals surface area contributed by atoms with E-state index < -0.39 is 0 Å². The van der Waals surface area contributed by atoms with Crippen molar-refractivity contribution in [3.8, 4) is 0 Å². The fourth-order valence-electron chi connectivity index (χ4n) is 1.28. The Kier molecular flexibility index (Phi) is 3.04. The molecule has 0 bridgehead atoms. The Labute approximate surface area is 99.1 Å². The largest absolute Gasteiger partial charge is 0.396 e. The summed E-state index contributed by atoms with van der Waals surface area (Å²) in [5, 5.41) is 3.10. The smallest absolute Gasteiger partial charge is 0.149 e. The maximum absolute atomic E-state index is 5.61. The summed E-state index contributed by atoms with van der Waals surface area (Å²) in [4.78, 5) is 12.5. The zero-order valence-electron chi connectivity index (χ0n) is 9.51. The molecule has 0 spiro atoms. The van der Waals surface area contributed by atoms with Crippen molar-refractivity contribution < 1.29 is 0 Å². The lowest BCUT2D eigenvalue weighted by molar-refractivity contribution is 0.977. The Bertz CT molecular complexity index is 508. The van der Waals surface area contributed by atoms with Gasteiger partial charge in [0.1, 0.15) is 11.6 Å². The van der Waals surface area contributed by atoms with Crippen LogP contribution < -0.4 is 16.8 Å². The van der Waals surface area contributed by atoms with Crippen LogP contribution in [0.2, 0.25) is 0 Å². The third-order valence-electron chi connectivity index (χ3n) is 2.24. The van der Waals surface area contributed by atoms with E-state index in [2.05, 4.69) is 20.3 Å². The molecule has 0 unspecified atom stereocenters. The number of hydrogen-bond acceptors (Lipinski definition) is 6. The molecule has 0 saturated carbocycles. The van der Waals surface area contributed by atoms with Crippen LogP contribution in [0.5, 0.6) is 0 Å². The van der Waals surface area contributed by atoms with E-state index in [0.717, 1.165) is 11.4 Å². The second-order valence-electron chi connectivity index (χ2n) is 3.67. The maximum Gasteiger partial charge on any atom is 0.149 e. The highest BCUT2D eigenvalue weighted by Crippen LogP contribution is 2.14. The quantitative estimate of drug-likeness (QED) is 0.725. The summed E-state index contributed by atoms with van der Waals surface area (Å²) in [7, 11) is 0. The molecule has 6 heteroatoms. The van der Waals surface area contributed by atoms with Crippen LogP contribution in [-0.2, 0) is 6.54 Å². The van der Waals surface area contributed by atoms with Gasteiger partial charge in [-0.1, -0.05) is 0 Å². The van der Waals surface area contributed by atoms with Crippen molar-refractivity contribution in [2.45, 2.75) is 13.5 Å². The van der Waals surface area contributed by atoms with Crippen molar-refractivity contribution in [3.63, 3.8) is 0 Å². The summed E-state index contributed by atoms with van der Waals surface area (Å²) in [6, 6.07) is 3.48. The van der Waals surface area contributed by atoms with E-state index in [9.17, 15) is 0 Å². The van der Waals surface area contributed by atoms with Crippen LogP contribution in [0.25, 0.3) is 0 Å². The highest BCUT2D eigenvalue weighted by molar-refractivity contribution is 5.61. The first-order chi connectivity index (χ1) is 8.15. The zero-order valence-corrected chi connectivity index (χ0v) is 9.51. The van der Waals surface area contributed by atoms with Gasteiger partial charge in [0.2, 0.25) is 0 Å². The third kappa shape index (κ3) is 2.81. The van der Waals surface area contributed by atoms with Gasteiger partial charge in [0.25, 0.3) is 0 Å². The molecule has 0 atom stereocenters. The summed E-state index contributed by atoms with van der Waals surface area (Å²) in [6.45, 7) is 2.44. The number of hydrogen-bond donors (Lipinski definition) is 3. The molecule has 2 heterocycles. The minimum Gasteiger partial charge on any atom is -0.396 e. The lowest BCUT2D eigenvalue weighted by Gasteiger charge is -2.06. The Balaban J connectivity index is 2.02. The number of nitrogens with one attached hydrogen (secondary N) is 1. The molecule has 0 saturated heterocycles. The first-order valence-corrected chi connectivity index (χ1v) is 5.18.